The number of carboxylic acids is 2. The first kappa shape index (κ1) is 20.2. The Labute approximate surface area is 123 Å². The highest BCUT2D eigenvalue weighted by molar-refractivity contribution is 5.74. The summed E-state index contributed by atoms with van der Waals surface area (Å²) in [6.07, 6.45) is -8.47. The first-order valence-electron chi connectivity index (χ1n) is 5.34. The van der Waals surface area contributed by atoms with E-state index in [0.29, 0.717) is 0 Å². The number of para-hydroxylation sites is 2. The minimum Gasteiger partial charge on any atom is -0.475 e. The van der Waals surface area contributed by atoms with Crippen LogP contribution in [-0.4, -0.2) is 44.5 Å². The summed E-state index contributed by atoms with van der Waals surface area (Å²) in [7, 11) is 0. The summed E-state index contributed by atoms with van der Waals surface area (Å²) in [5.41, 5.74) is 2.12. The van der Waals surface area contributed by atoms with Crippen LogP contribution in [0.3, 0.4) is 0 Å². The molecule has 6 nitrogen and oxygen atoms in total. The van der Waals surface area contributed by atoms with Gasteiger partial charge >= 0.3 is 24.3 Å². The molecular formula is C11H8F6N2O4. The average Bonchev–Trinajstić information content (AvgIpc) is 2.86. The Morgan fingerprint density at radius 2 is 1.30 bits per heavy atom. The second-order valence-corrected chi connectivity index (χ2v) is 3.53. The third-order valence-electron chi connectivity index (χ3n) is 1.81. The standard InChI is InChI=1S/C7H6N2.2C2HF3O2/c1-2-4-7-6(3-1)8-5-9-7;2*3-2(4,5)1(6)7/h1-5H,(H,8,9);2*(H,6,7). The van der Waals surface area contributed by atoms with Crippen LogP contribution in [0.15, 0.2) is 30.6 Å². The summed E-state index contributed by atoms with van der Waals surface area (Å²) in [5.74, 6) is -5.51. The molecule has 0 amide bonds. The van der Waals surface area contributed by atoms with Gasteiger partial charge in [0.2, 0.25) is 0 Å². The van der Waals surface area contributed by atoms with Gasteiger partial charge in [0.1, 0.15) is 0 Å². The van der Waals surface area contributed by atoms with E-state index in [1.165, 1.54) is 0 Å². The van der Waals surface area contributed by atoms with E-state index in [-0.39, 0.29) is 0 Å². The monoisotopic (exact) mass is 346 g/mol. The summed E-state index contributed by atoms with van der Waals surface area (Å²) >= 11 is 0. The number of aromatic amines is 1. The molecule has 2 aromatic rings. The number of H-pyrrole nitrogens is 1. The second-order valence-electron chi connectivity index (χ2n) is 3.53. The number of halogens is 6. The van der Waals surface area contributed by atoms with Gasteiger partial charge in [0.05, 0.1) is 17.4 Å². The van der Waals surface area contributed by atoms with E-state index in [1.807, 2.05) is 24.3 Å². The number of hydrogen-bond acceptors (Lipinski definition) is 3. The Morgan fingerprint density at radius 1 is 0.913 bits per heavy atom. The van der Waals surface area contributed by atoms with Crippen LogP contribution in [0, 0.1) is 0 Å². The van der Waals surface area contributed by atoms with E-state index < -0.39 is 24.3 Å². The van der Waals surface area contributed by atoms with Crippen LogP contribution in [0.4, 0.5) is 26.3 Å². The van der Waals surface area contributed by atoms with Crippen molar-refractivity contribution in [2.24, 2.45) is 0 Å². The summed E-state index contributed by atoms with van der Waals surface area (Å²) in [5, 5.41) is 14.2. The molecule has 0 unspecified atom stereocenters. The van der Waals surface area contributed by atoms with Gasteiger partial charge in [-0.2, -0.15) is 26.3 Å². The normalized spacial score (nSPS) is 10.9. The van der Waals surface area contributed by atoms with Crippen molar-refractivity contribution in [1.29, 1.82) is 0 Å². The number of rotatable bonds is 0. The van der Waals surface area contributed by atoms with Gasteiger partial charge < -0.3 is 15.2 Å². The van der Waals surface area contributed by atoms with E-state index in [9.17, 15) is 26.3 Å². The summed E-state index contributed by atoms with van der Waals surface area (Å²) in [6.45, 7) is 0. The lowest BCUT2D eigenvalue weighted by Crippen LogP contribution is -2.21. The first-order chi connectivity index (χ1) is 10.4. The number of benzene rings is 1. The molecule has 1 aromatic carbocycles. The Hall–Kier alpha value is -2.79. The molecule has 0 saturated carbocycles. The maximum absolute atomic E-state index is 10.6. The maximum atomic E-state index is 10.6. The molecule has 0 spiro atoms. The number of hydrogen-bond donors (Lipinski definition) is 3. The van der Waals surface area contributed by atoms with Crippen molar-refractivity contribution in [2.45, 2.75) is 12.4 Å². The SMILES string of the molecule is O=C(O)C(F)(F)F.O=C(O)C(F)(F)F.c1ccc2[nH]cnc2c1. The number of alkyl halides is 6. The number of carbonyl (C=O) groups is 2. The van der Waals surface area contributed by atoms with Crippen molar-refractivity contribution < 1.29 is 46.1 Å². The zero-order chi connectivity index (χ0) is 18.3. The predicted molar refractivity (Wildman–Crippen MR) is 63.5 cm³/mol. The fourth-order valence-electron chi connectivity index (χ4n) is 0.880. The van der Waals surface area contributed by atoms with Gasteiger partial charge in [0.15, 0.2) is 0 Å². The molecule has 128 valence electrons. The number of imidazole rings is 1. The van der Waals surface area contributed by atoms with E-state index in [2.05, 4.69) is 9.97 Å². The summed E-state index contributed by atoms with van der Waals surface area (Å²) in [4.78, 5) is 24.9. The number of fused-ring (bicyclic) bond motifs is 1. The number of aliphatic carboxylic acids is 2. The van der Waals surface area contributed by atoms with Gasteiger partial charge in [-0.25, -0.2) is 14.6 Å². The van der Waals surface area contributed by atoms with Crippen LogP contribution in [0.25, 0.3) is 11.0 Å². The lowest BCUT2D eigenvalue weighted by molar-refractivity contribution is -0.193. The minimum absolute atomic E-state index is 1.03. The molecule has 12 heteroatoms. The van der Waals surface area contributed by atoms with Crippen LogP contribution in [0.1, 0.15) is 0 Å². The number of nitrogens with zero attached hydrogens (tertiary/aromatic N) is 1. The molecule has 1 aromatic heterocycles. The molecule has 0 aliphatic heterocycles. The van der Waals surface area contributed by atoms with Crippen molar-refractivity contribution in [3.05, 3.63) is 30.6 Å². The van der Waals surface area contributed by atoms with E-state index in [1.54, 1.807) is 6.33 Å². The Morgan fingerprint density at radius 3 is 1.65 bits per heavy atom. The highest BCUT2D eigenvalue weighted by atomic mass is 19.4. The molecule has 0 bridgehead atoms. The van der Waals surface area contributed by atoms with Gasteiger partial charge in [-0.05, 0) is 12.1 Å². The smallest absolute Gasteiger partial charge is 0.475 e. The minimum atomic E-state index is -5.08. The highest BCUT2D eigenvalue weighted by Gasteiger charge is 2.38. The van der Waals surface area contributed by atoms with Gasteiger partial charge in [-0.1, -0.05) is 12.1 Å². The lowest BCUT2D eigenvalue weighted by Gasteiger charge is -1.93. The fourth-order valence-corrected chi connectivity index (χ4v) is 0.880. The number of carboxylic acid groups (broad SMARTS) is 2. The van der Waals surface area contributed by atoms with Gasteiger partial charge in [-0.3, -0.25) is 0 Å². The lowest BCUT2D eigenvalue weighted by atomic mass is 10.3. The molecule has 0 aliphatic carbocycles. The van der Waals surface area contributed by atoms with E-state index >= 15 is 0 Å². The maximum Gasteiger partial charge on any atom is 0.490 e. The molecule has 1 heterocycles. The zero-order valence-corrected chi connectivity index (χ0v) is 10.8. The number of aromatic nitrogens is 2. The van der Waals surface area contributed by atoms with Crippen molar-refractivity contribution in [1.82, 2.24) is 9.97 Å². The summed E-state index contributed by atoms with van der Waals surface area (Å²) in [6, 6.07) is 7.94. The predicted octanol–water partition coefficient (Wildman–Crippen LogP) is 2.83. The second kappa shape index (κ2) is 8.00. The van der Waals surface area contributed by atoms with Crippen molar-refractivity contribution >= 4 is 23.0 Å². The van der Waals surface area contributed by atoms with Crippen LogP contribution in [0.5, 0.6) is 0 Å². The number of nitrogens with one attached hydrogen (secondary N) is 1. The quantitative estimate of drug-likeness (QED) is 0.637. The van der Waals surface area contributed by atoms with Crippen LogP contribution >= 0.6 is 0 Å². The Kier molecular flexibility index (Phi) is 7.03. The van der Waals surface area contributed by atoms with Crippen molar-refractivity contribution in [3.63, 3.8) is 0 Å². The van der Waals surface area contributed by atoms with Crippen LogP contribution < -0.4 is 0 Å². The molecule has 0 aliphatic rings. The zero-order valence-electron chi connectivity index (χ0n) is 10.8. The third-order valence-corrected chi connectivity index (χ3v) is 1.81. The summed E-state index contributed by atoms with van der Waals surface area (Å²) < 4.78 is 63.5. The molecule has 0 atom stereocenters. The molecule has 3 N–H and O–H groups in total. The molecule has 2 rings (SSSR count). The molecule has 0 saturated heterocycles. The van der Waals surface area contributed by atoms with Gasteiger partial charge in [-0.15, -0.1) is 0 Å². The van der Waals surface area contributed by atoms with E-state index in [4.69, 9.17) is 19.8 Å². The van der Waals surface area contributed by atoms with Crippen molar-refractivity contribution in [3.8, 4) is 0 Å². The Bertz CT molecular complexity index is 595. The van der Waals surface area contributed by atoms with Gasteiger partial charge in [0, 0.05) is 0 Å². The average molecular weight is 346 g/mol. The van der Waals surface area contributed by atoms with Crippen molar-refractivity contribution in [2.75, 3.05) is 0 Å². The highest BCUT2D eigenvalue weighted by Crippen LogP contribution is 2.13. The largest absolute Gasteiger partial charge is 0.490 e. The van der Waals surface area contributed by atoms with Gasteiger partial charge in [0.25, 0.3) is 0 Å². The van der Waals surface area contributed by atoms with E-state index in [0.717, 1.165) is 11.0 Å². The molecular weight excluding hydrogens is 338 g/mol. The van der Waals surface area contributed by atoms with Crippen LogP contribution in [0.2, 0.25) is 0 Å². The molecule has 23 heavy (non-hydrogen) atoms. The fraction of sp³-hybridized carbons (Fsp3) is 0.182. The molecule has 0 radical (unpaired) electrons. The van der Waals surface area contributed by atoms with Crippen LogP contribution in [-0.2, 0) is 9.59 Å². The first-order valence-corrected chi connectivity index (χ1v) is 5.34. The topological polar surface area (TPSA) is 103 Å². The third kappa shape index (κ3) is 8.28. The molecule has 0 fully saturated rings. The Balaban J connectivity index is 0.000000322.